The molecule has 4 heterocycles. The quantitative estimate of drug-likeness (QED) is 0.184. The van der Waals surface area contributed by atoms with Crippen molar-refractivity contribution in [2.45, 2.75) is 63.3 Å². The first-order chi connectivity index (χ1) is 26.3. The number of benzene rings is 3. The fourth-order valence-corrected chi connectivity index (χ4v) is 8.46. The molecule has 14 heteroatoms. The molecule has 0 bridgehead atoms. The number of ether oxygens (including phenoxy) is 1. The average Bonchev–Trinajstić information content (AvgIpc) is 3.15. The number of carbonyl (C=O) groups is 3. The van der Waals surface area contributed by atoms with Crippen molar-refractivity contribution in [3.63, 3.8) is 0 Å². The number of alkyl halides is 3. The number of rotatable bonds is 9. The number of nitrogens with one attached hydrogen (secondary N) is 2. The van der Waals surface area contributed by atoms with E-state index < -0.39 is 12.4 Å². The van der Waals surface area contributed by atoms with Crippen LogP contribution in [0.5, 0.6) is 5.75 Å². The molecule has 3 amide bonds. The smallest absolute Gasteiger partial charge is 0.405 e. The van der Waals surface area contributed by atoms with Crippen LogP contribution < -0.4 is 20.9 Å². The van der Waals surface area contributed by atoms with Crippen molar-refractivity contribution in [2.75, 3.05) is 38.0 Å². The molecule has 55 heavy (non-hydrogen) atoms. The fraction of sp³-hybridized carbons (Fsp3) is 0.415. The van der Waals surface area contributed by atoms with E-state index in [2.05, 4.69) is 20.3 Å². The lowest BCUT2D eigenvalue weighted by atomic mass is 9.88. The van der Waals surface area contributed by atoms with Crippen LogP contribution in [0.3, 0.4) is 0 Å². The van der Waals surface area contributed by atoms with E-state index >= 15 is 0 Å². The number of piperidine rings is 3. The van der Waals surface area contributed by atoms with Gasteiger partial charge >= 0.3 is 6.36 Å². The molecule has 3 aliphatic rings. The van der Waals surface area contributed by atoms with Gasteiger partial charge in [-0.3, -0.25) is 29.4 Å². The Kier molecular flexibility index (Phi) is 11.2. The summed E-state index contributed by atoms with van der Waals surface area (Å²) in [5.41, 5.74) is 3.15. The molecule has 3 fully saturated rings. The van der Waals surface area contributed by atoms with Crippen molar-refractivity contribution in [3.8, 4) is 16.9 Å². The first-order valence-electron chi connectivity index (χ1n) is 18.7. The molecule has 0 radical (unpaired) electrons. The van der Waals surface area contributed by atoms with Crippen molar-refractivity contribution in [2.24, 2.45) is 13.0 Å². The molecule has 3 aliphatic heterocycles. The summed E-state index contributed by atoms with van der Waals surface area (Å²) < 4.78 is 46.9. The molecule has 3 saturated heterocycles. The van der Waals surface area contributed by atoms with Gasteiger partial charge in [0.15, 0.2) is 0 Å². The van der Waals surface area contributed by atoms with Crippen LogP contribution in [0.15, 0.2) is 71.7 Å². The number of aromatic nitrogens is 1. The molecule has 1 unspecified atom stereocenters. The Hall–Kier alpha value is -4.88. The topological polar surface area (TPSA) is 113 Å². The van der Waals surface area contributed by atoms with Gasteiger partial charge in [0.2, 0.25) is 17.7 Å². The highest BCUT2D eigenvalue weighted by Gasteiger charge is 2.34. The third kappa shape index (κ3) is 8.99. The van der Waals surface area contributed by atoms with E-state index in [-0.39, 0.29) is 47.3 Å². The van der Waals surface area contributed by atoms with Crippen LogP contribution in [-0.2, 0) is 27.9 Å². The second-order valence-electron chi connectivity index (χ2n) is 14.8. The van der Waals surface area contributed by atoms with Crippen LogP contribution in [0.25, 0.3) is 21.9 Å². The molecule has 0 saturated carbocycles. The molecule has 0 spiro atoms. The van der Waals surface area contributed by atoms with E-state index in [9.17, 15) is 32.3 Å². The first-order valence-corrected chi connectivity index (χ1v) is 19.1. The van der Waals surface area contributed by atoms with Crippen LogP contribution in [0.4, 0.5) is 18.9 Å². The van der Waals surface area contributed by atoms with E-state index in [0.29, 0.717) is 83.7 Å². The van der Waals surface area contributed by atoms with Gasteiger partial charge in [0, 0.05) is 54.4 Å². The van der Waals surface area contributed by atoms with Gasteiger partial charge in [-0.15, -0.1) is 13.2 Å². The zero-order chi connectivity index (χ0) is 38.9. The highest BCUT2D eigenvalue weighted by Crippen LogP contribution is 2.37. The maximum absolute atomic E-state index is 13.6. The number of likely N-dealkylation sites (tertiary alicyclic amines) is 2. The van der Waals surface area contributed by atoms with E-state index in [4.69, 9.17) is 11.6 Å². The minimum absolute atomic E-state index is 0.0640. The first kappa shape index (κ1) is 38.4. The molecule has 3 aromatic carbocycles. The van der Waals surface area contributed by atoms with Crippen LogP contribution in [0, 0.1) is 5.92 Å². The van der Waals surface area contributed by atoms with Gasteiger partial charge in [0.25, 0.3) is 5.56 Å². The van der Waals surface area contributed by atoms with Crippen molar-refractivity contribution >= 4 is 45.8 Å². The number of hydrogen-bond acceptors (Lipinski definition) is 7. The lowest BCUT2D eigenvalue weighted by Gasteiger charge is -2.36. The number of hydrogen-bond donors (Lipinski definition) is 2. The molecule has 10 nitrogen and oxygen atoms in total. The number of fused-ring (bicyclic) bond motifs is 1. The Bertz CT molecular complexity index is 2160. The number of carbonyl (C=O) groups excluding carboxylic acids is 3. The zero-order valence-electron chi connectivity index (χ0n) is 30.5. The Morgan fingerprint density at radius 3 is 2.35 bits per heavy atom. The number of halogens is 4. The Morgan fingerprint density at radius 1 is 0.927 bits per heavy atom. The zero-order valence-corrected chi connectivity index (χ0v) is 31.2. The molecule has 7 rings (SSSR count). The molecular formula is C41H43ClF3N5O5. The summed E-state index contributed by atoms with van der Waals surface area (Å²) in [4.78, 5) is 53.6. The second kappa shape index (κ2) is 16.1. The summed E-state index contributed by atoms with van der Waals surface area (Å²) in [5.74, 6) is -0.480. The third-order valence-corrected chi connectivity index (χ3v) is 11.5. The highest BCUT2D eigenvalue weighted by atomic mass is 35.5. The predicted molar refractivity (Wildman–Crippen MR) is 204 cm³/mol. The van der Waals surface area contributed by atoms with Gasteiger partial charge in [-0.2, -0.15) is 0 Å². The third-order valence-electron chi connectivity index (χ3n) is 11.1. The van der Waals surface area contributed by atoms with E-state index in [1.807, 2.05) is 17.0 Å². The Morgan fingerprint density at radius 2 is 1.65 bits per heavy atom. The molecule has 4 aromatic rings. The molecule has 290 valence electrons. The largest absolute Gasteiger partial charge is 0.573 e. The number of amides is 3. The van der Waals surface area contributed by atoms with Crippen molar-refractivity contribution < 1.29 is 32.3 Å². The molecule has 0 aliphatic carbocycles. The fourth-order valence-electron chi connectivity index (χ4n) is 8.13. The SMILES string of the molecule is Cn1cc(-c2ccc(CC3CCN(CC(=O)N4CCC(c5ccc(NC6CCC(=O)NC6=O)cc5Cl)CC4)CC3)c(OC(F)(F)F)c2)c2ccccc2c1=O. The summed E-state index contributed by atoms with van der Waals surface area (Å²) in [7, 11) is 1.62. The molecule has 2 N–H and O–H groups in total. The number of imide groups is 1. The maximum atomic E-state index is 13.6. The van der Waals surface area contributed by atoms with Crippen LogP contribution >= 0.6 is 11.6 Å². The van der Waals surface area contributed by atoms with Crippen LogP contribution in [0.2, 0.25) is 5.02 Å². The number of pyridine rings is 1. The minimum atomic E-state index is -4.87. The standard InChI is InChI=1S/C41H43ClF3N5O5/c1-48-23-33(31-4-2-3-5-32(31)40(48)54)27-6-7-28(36(21-27)55-41(43,44)45)20-25-12-16-49(17-13-25)24-38(52)50-18-14-26(15-19-50)30-9-8-29(22-34(30)42)46-35-10-11-37(51)47-39(35)53/h2-9,21-23,25-26,35,46H,10-20,24H2,1H3,(H,47,51,53). The predicted octanol–water partition coefficient (Wildman–Crippen LogP) is 6.64. The van der Waals surface area contributed by atoms with Gasteiger partial charge in [-0.25, -0.2) is 0 Å². The lowest BCUT2D eigenvalue weighted by molar-refractivity contribution is -0.274. The van der Waals surface area contributed by atoms with Gasteiger partial charge in [-0.1, -0.05) is 48.0 Å². The van der Waals surface area contributed by atoms with Crippen molar-refractivity contribution in [3.05, 3.63) is 93.4 Å². The van der Waals surface area contributed by atoms with Gasteiger partial charge in [-0.05, 0) is 110 Å². The van der Waals surface area contributed by atoms with Gasteiger partial charge in [0.05, 0.1) is 6.54 Å². The summed E-state index contributed by atoms with van der Waals surface area (Å²) in [6, 6.07) is 17.1. The molecular weight excluding hydrogens is 735 g/mol. The average molecular weight is 778 g/mol. The van der Waals surface area contributed by atoms with Crippen molar-refractivity contribution in [1.29, 1.82) is 0 Å². The molecule has 1 atom stereocenters. The minimum Gasteiger partial charge on any atom is -0.405 e. The maximum Gasteiger partial charge on any atom is 0.573 e. The summed E-state index contributed by atoms with van der Waals surface area (Å²) in [6.45, 7) is 2.85. The summed E-state index contributed by atoms with van der Waals surface area (Å²) in [6.07, 6.45) is 0.895. The van der Waals surface area contributed by atoms with Crippen LogP contribution in [-0.4, -0.2) is 77.2 Å². The van der Waals surface area contributed by atoms with Crippen molar-refractivity contribution in [1.82, 2.24) is 19.7 Å². The van der Waals surface area contributed by atoms with E-state index in [1.165, 1.54) is 10.6 Å². The normalized spacial score (nSPS) is 19.1. The lowest BCUT2D eigenvalue weighted by Crippen LogP contribution is -2.47. The molecule has 1 aromatic heterocycles. The van der Waals surface area contributed by atoms with E-state index in [0.717, 1.165) is 31.2 Å². The number of nitrogens with zero attached hydrogens (tertiary/aromatic N) is 3. The monoisotopic (exact) mass is 777 g/mol. The number of anilines is 1. The Labute approximate surface area is 321 Å². The Balaban J connectivity index is 0.918. The second-order valence-corrected chi connectivity index (χ2v) is 15.2. The van der Waals surface area contributed by atoms with Gasteiger partial charge < -0.3 is 19.5 Å². The summed E-state index contributed by atoms with van der Waals surface area (Å²) >= 11 is 6.68. The van der Waals surface area contributed by atoms with Crippen LogP contribution in [0.1, 0.15) is 55.6 Å². The summed E-state index contributed by atoms with van der Waals surface area (Å²) in [5, 5.41) is 7.23. The number of aryl methyl sites for hydroxylation is 1. The van der Waals surface area contributed by atoms with E-state index in [1.54, 1.807) is 55.7 Å². The van der Waals surface area contributed by atoms with Gasteiger partial charge in [0.1, 0.15) is 11.8 Å². The highest BCUT2D eigenvalue weighted by molar-refractivity contribution is 6.31.